The summed E-state index contributed by atoms with van der Waals surface area (Å²) in [5.41, 5.74) is 0. The average molecular weight is 280 g/mol. The summed E-state index contributed by atoms with van der Waals surface area (Å²) in [5, 5.41) is 4.30. The van der Waals surface area contributed by atoms with Gasteiger partial charge in [0.1, 0.15) is 10.6 Å². The summed E-state index contributed by atoms with van der Waals surface area (Å²) in [4.78, 5) is 13.6. The number of nitrogens with one attached hydrogen (secondary N) is 1. The molecule has 0 atom stereocenters. The molecule has 0 radical (unpaired) electrons. The van der Waals surface area contributed by atoms with Crippen molar-refractivity contribution in [1.82, 2.24) is 9.97 Å². The van der Waals surface area contributed by atoms with Gasteiger partial charge >= 0.3 is 0 Å². The minimum Gasteiger partial charge on any atom is -0.383 e. The first kappa shape index (κ1) is 14.0. The molecule has 104 valence electrons. The number of anilines is 2. The molecule has 1 N–H and O–H groups in total. The van der Waals surface area contributed by atoms with E-state index in [2.05, 4.69) is 33.2 Å². The van der Waals surface area contributed by atoms with E-state index >= 15 is 0 Å². The van der Waals surface area contributed by atoms with E-state index in [1.807, 2.05) is 14.0 Å². The molecule has 0 unspecified atom stereocenters. The fourth-order valence-electron chi connectivity index (χ4n) is 1.89. The third kappa shape index (κ3) is 3.13. The van der Waals surface area contributed by atoms with Crippen molar-refractivity contribution in [3.05, 3.63) is 10.9 Å². The zero-order valence-electron chi connectivity index (χ0n) is 11.9. The Morgan fingerprint density at radius 1 is 1.42 bits per heavy atom. The summed E-state index contributed by atoms with van der Waals surface area (Å²) in [6.45, 7) is 6.45. The monoisotopic (exact) mass is 280 g/mol. The molecule has 2 heterocycles. The number of nitrogens with zero attached hydrogens (tertiary/aromatic N) is 3. The lowest BCUT2D eigenvalue weighted by molar-refractivity contribution is 0.206. The largest absolute Gasteiger partial charge is 0.383 e. The number of ether oxygens (including phenoxy) is 1. The van der Waals surface area contributed by atoms with Gasteiger partial charge in [0.2, 0.25) is 5.95 Å². The van der Waals surface area contributed by atoms with Gasteiger partial charge in [0.15, 0.2) is 0 Å². The fourth-order valence-corrected chi connectivity index (χ4v) is 2.76. The van der Waals surface area contributed by atoms with Crippen molar-refractivity contribution in [2.75, 3.05) is 44.1 Å². The molecule has 0 saturated carbocycles. The van der Waals surface area contributed by atoms with Gasteiger partial charge in [0.05, 0.1) is 12.0 Å². The first-order valence-electron chi connectivity index (χ1n) is 6.37. The van der Waals surface area contributed by atoms with Gasteiger partial charge in [-0.25, -0.2) is 4.98 Å². The third-order valence-corrected chi connectivity index (χ3v) is 3.77. The van der Waals surface area contributed by atoms with Crippen LogP contribution in [0.15, 0.2) is 6.07 Å². The summed E-state index contributed by atoms with van der Waals surface area (Å²) < 4.78 is 5.13. The third-order valence-electron chi connectivity index (χ3n) is 2.82. The number of aromatic nitrogens is 2. The van der Waals surface area contributed by atoms with Crippen LogP contribution in [0.5, 0.6) is 0 Å². The lowest BCUT2D eigenvalue weighted by atomic mass is 10.3. The molecule has 2 rings (SSSR count). The molecule has 0 aliphatic heterocycles. The molecule has 6 heteroatoms. The summed E-state index contributed by atoms with van der Waals surface area (Å²) >= 11 is 1.70. The van der Waals surface area contributed by atoms with Crippen LogP contribution in [0.4, 0.5) is 11.8 Å². The topological polar surface area (TPSA) is 50.3 Å². The number of hydrogen-bond donors (Lipinski definition) is 1. The molecule has 0 fully saturated rings. The molecule has 2 aromatic heterocycles. The Morgan fingerprint density at radius 2 is 2.21 bits per heavy atom. The van der Waals surface area contributed by atoms with Gasteiger partial charge in [-0.2, -0.15) is 4.98 Å². The average Bonchev–Trinajstić information content (AvgIpc) is 2.75. The molecule has 19 heavy (non-hydrogen) atoms. The number of thiophene rings is 1. The zero-order chi connectivity index (χ0) is 13.8. The summed E-state index contributed by atoms with van der Waals surface area (Å²) in [5.74, 6) is 1.65. The van der Waals surface area contributed by atoms with Gasteiger partial charge in [-0.15, -0.1) is 11.3 Å². The van der Waals surface area contributed by atoms with E-state index in [0.717, 1.165) is 29.1 Å². The Hall–Kier alpha value is -1.40. The van der Waals surface area contributed by atoms with Gasteiger partial charge in [-0.05, 0) is 19.9 Å². The van der Waals surface area contributed by atoms with Crippen LogP contribution in [0.1, 0.15) is 11.8 Å². The molecular weight excluding hydrogens is 260 g/mol. The second kappa shape index (κ2) is 6.16. The number of methoxy groups -OCH3 is 1. The van der Waals surface area contributed by atoms with E-state index in [0.29, 0.717) is 12.6 Å². The van der Waals surface area contributed by atoms with Crippen LogP contribution in [-0.4, -0.2) is 43.8 Å². The molecule has 0 amide bonds. The summed E-state index contributed by atoms with van der Waals surface area (Å²) in [6, 6.07) is 2.15. The van der Waals surface area contributed by atoms with Crippen LogP contribution in [0, 0.1) is 6.92 Å². The van der Waals surface area contributed by atoms with Crippen LogP contribution in [0.3, 0.4) is 0 Å². The first-order chi connectivity index (χ1) is 9.15. The minimum atomic E-state index is 0.682. The van der Waals surface area contributed by atoms with Crippen LogP contribution < -0.4 is 10.2 Å². The molecule has 0 bridgehead atoms. The molecule has 0 saturated heterocycles. The van der Waals surface area contributed by atoms with E-state index in [1.54, 1.807) is 18.4 Å². The molecule has 5 nitrogen and oxygen atoms in total. The van der Waals surface area contributed by atoms with Crippen LogP contribution >= 0.6 is 11.3 Å². The molecule has 0 aromatic carbocycles. The number of fused-ring (bicyclic) bond motifs is 1. The van der Waals surface area contributed by atoms with Crippen molar-refractivity contribution >= 4 is 33.3 Å². The molecule has 2 aromatic rings. The van der Waals surface area contributed by atoms with Gasteiger partial charge in [0.25, 0.3) is 0 Å². The minimum absolute atomic E-state index is 0.682. The highest BCUT2D eigenvalue weighted by Gasteiger charge is 2.13. The fraction of sp³-hybridized carbons (Fsp3) is 0.538. The normalized spacial score (nSPS) is 10.9. The molecule has 0 spiro atoms. The van der Waals surface area contributed by atoms with Gasteiger partial charge in [0, 0.05) is 32.1 Å². The Bertz CT molecular complexity index is 555. The van der Waals surface area contributed by atoms with Crippen molar-refractivity contribution in [2.45, 2.75) is 13.8 Å². The van der Waals surface area contributed by atoms with Crippen molar-refractivity contribution in [3.63, 3.8) is 0 Å². The van der Waals surface area contributed by atoms with Gasteiger partial charge < -0.3 is 15.0 Å². The predicted molar refractivity (Wildman–Crippen MR) is 81.5 cm³/mol. The number of hydrogen-bond acceptors (Lipinski definition) is 6. The molecular formula is C13H20N4OS. The smallest absolute Gasteiger partial charge is 0.226 e. The lowest BCUT2D eigenvalue weighted by Gasteiger charge is -2.19. The van der Waals surface area contributed by atoms with Crippen LogP contribution in [-0.2, 0) is 4.74 Å². The highest BCUT2D eigenvalue weighted by molar-refractivity contribution is 7.18. The summed E-state index contributed by atoms with van der Waals surface area (Å²) in [7, 11) is 3.74. The number of aryl methyl sites for hydroxylation is 1. The summed E-state index contributed by atoms with van der Waals surface area (Å²) in [6.07, 6.45) is 0. The van der Waals surface area contributed by atoms with Gasteiger partial charge in [-0.3, -0.25) is 0 Å². The zero-order valence-corrected chi connectivity index (χ0v) is 12.7. The second-order valence-electron chi connectivity index (χ2n) is 4.39. The standard InChI is InChI=1S/C13H20N4OS/c1-5-14-13-15-11(17(3)6-7-18-4)10-8-9(2)19-12(10)16-13/h8H,5-7H2,1-4H3,(H,14,15,16). The van der Waals surface area contributed by atoms with Gasteiger partial charge in [-0.1, -0.05) is 0 Å². The highest BCUT2D eigenvalue weighted by atomic mass is 32.1. The maximum Gasteiger partial charge on any atom is 0.226 e. The van der Waals surface area contributed by atoms with E-state index in [1.165, 1.54) is 4.88 Å². The maximum absolute atomic E-state index is 5.13. The first-order valence-corrected chi connectivity index (χ1v) is 7.19. The number of likely N-dealkylation sites (N-methyl/N-ethyl adjacent to an activating group) is 1. The maximum atomic E-state index is 5.13. The second-order valence-corrected chi connectivity index (χ2v) is 5.63. The van der Waals surface area contributed by atoms with Crippen molar-refractivity contribution in [3.8, 4) is 0 Å². The SMILES string of the molecule is CCNc1nc(N(C)CCOC)c2cc(C)sc2n1. The van der Waals surface area contributed by atoms with Crippen molar-refractivity contribution in [2.24, 2.45) is 0 Å². The van der Waals surface area contributed by atoms with Crippen molar-refractivity contribution < 1.29 is 4.74 Å². The lowest BCUT2D eigenvalue weighted by Crippen LogP contribution is -2.23. The van der Waals surface area contributed by atoms with E-state index in [-0.39, 0.29) is 0 Å². The highest BCUT2D eigenvalue weighted by Crippen LogP contribution is 2.31. The van der Waals surface area contributed by atoms with E-state index in [4.69, 9.17) is 4.74 Å². The Kier molecular flexibility index (Phi) is 4.55. The molecule has 0 aliphatic rings. The van der Waals surface area contributed by atoms with Crippen molar-refractivity contribution in [1.29, 1.82) is 0 Å². The van der Waals surface area contributed by atoms with Crippen LogP contribution in [0.2, 0.25) is 0 Å². The van der Waals surface area contributed by atoms with Crippen LogP contribution in [0.25, 0.3) is 10.2 Å². The van der Waals surface area contributed by atoms with E-state index in [9.17, 15) is 0 Å². The molecule has 0 aliphatic carbocycles. The Balaban J connectivity index is 2.43. The van der Waals surface area contributed by atoms with E-state index < -0.39 is 0 Å². The quantitative estimate of drug-likeness (QED) is 0.881. The Labute approximate surface area is 117 Å². The predicted octanol–water partition coefficient (Wildman–Crippen LogP) is 2.51. The Morgan fingerprint density at radius 3 is 2.89 bits per heavy atom. The number of rotatable bonds is 6.